The Morgan fingerprint density at radius 3 is 2.83 bits per heavy atom. The van der Waals surface area contributed by atoms with E-state index < -0.39 is 30.5 Å². The van der Waals surface area contributed by atoms with Gasteiger partial charge in [-0.3, -0.25) is 9.69 Å². The number of rotatable bonds is 5. The average molecular weight is 334 g/mol. The summed E-state index contributed by atoms with van der Waals surface area (Å²) in [5, 5.41) is 1.91. The molecule has 4 nitrogen and oxygen atoms in total. The molecular weight excluding hydrogens is 316 g/mol. The number of amides is 1. The molecule has 128 valence electrons. The Labute approximate surface area is 131 Å². The third-order valence-electron chi connectivity index (χ3n) is 3.75. The number of carbonyl (C=O) groups excluding carboxylic acids is 1. The molecule has 1 aliphatic rings. The number of alkyl halides is 3. The summed E-state index contributed by atoms with van der Waals surface area (Å²) in [6.07, 6.45) is -3.27. The molecule has 1 N–H and O–H groups in total. The van der Waals surface area contributed by atoms with Crippen LogP contribution in [0.4, 0.5) is 17.6 Å². The third kappa shape index (κ3) is 4.82. The van der Waals surface area contributed by atoms with Gasteiger partial charge in [0.1, 0.15) is 18.1 Å². The minimum atomic E-state index is -4.44. The quantitative estimate of drug-likeness (QED) is 0.841. The van der Waals surface area contributed by atoms with Gasteiger partial charge < -0.3 is 10.1 Å². The molecule has 1 aromatic carbocycles. The summed E-state index contributed by atoms with van der Waals surface area (Å²) >= 11 is 0. The van der Waals surface area contributed by atoms with Gasteiger partial charge in [-0.1, -0.05) is 0 Å². The Bertz CT molecular complexity index is 563. The molecule has 0 aliphatic carbocycles. The van der Waals surface area contributed by atoms with Crippen molar-refractivity contribution in [3.8, 4) is 5.75 Å². The average Bonchev–Trinajstić information content (AvgIpc) is 2.92. The van der Waals surface area contributed by atoms with Crippen LogP contribution < -0.4 is 10.1 Å². The largest absolute Gasteiger partial charge is 0.496 e. The first-order valence-corrected chi connectivity index (χ1v) is 7.21. The Balaban J connectivity index is 2.04. The predicted octanol–water partition coefficient (Wildman–Crippen LogP) is 2.48. The predicted molar refractivity (Wildman–Crippen MR) is 75.4 cm³/mol. The molecule has 0 spiro atoms. The van der Waals surface area contributed by atoms with E-state index in [1.54, 1.807) is 4.90 Å². The number of methoxy groups -OCH3 is 1. The first-order chi connectivity index (χ1) is 10.8. The molecular formula is C15H18F4N2O2. The molecule has 8 heteroatoms. The van der Waals surface area contributed by atoms with Crippen LogP contribution in [0.25, 0.3) is 0 Å². The molecule has 1 fully saturated rings. The lowest BCUT2D eigenvalue weighted by Crippen LogP contribution is -2.45. The number of likely N-dealkylation sites (tertiary alicyclic amines) is 1. The molecule has 0 radical (unpaired) electrons. The fraction of sp³-hybridized carbons (Fsp3) is 0.533. The fourth-order valence-electron chi connectivity index (χ4n) is 2.71. The van der Waals surface area contributed by atoms with Crippen molar-refractivity contribution in [2.75, 3.05) is 20.2 Å². The van der Waals surface area contributed by atoms with Gasteiger partial charge in [0.05, 0.1) is 13.2 Å². The van der Waals surface area contributed by atoms with Crippen molar-refractivity contribution >= 4 is 5.91 Å². The van der Waals surface area contributed by atoms with Crippen molar-refractivity contribution in [1.29, 1.82) is 0 Å². The van der Waals surface area contributed by atoms with Gasteiger partial charge >= 0.3 is 6.18 Å². The standard InChI is InChI=1S/C15H18F4N2O2/c1-23-13-5-4-11(16)7-10(13)8-21-6-2-3-12(21)14(22)20-9-15(17,18)19/h4-5,7,12H,2-3,6,8-9H2,1H3,(H,20,22)/t12-/m0/s1. The minimum Gasteiger partial charge on any atom is -0.496 e. The van der Waals surface area contributed by atoms with Crippen molar-refractivity contribution in [3.05, 3.63) is 29.6 Å². The minimum absolute atomic E-state index is 0.241. The van der Waals surface area contributed by atoms with Crippen molar-refractivity contribution in [1.82, 2.24) is 10.2 Å². The smallest absolute Gasteiger partial charge is 0.405 e. The van der Waals surface area contributed by atoms with Crippen molar-refractivity contribution in [3.63, 3.8) is 0 Å². The zero-order valence-corrected chi connectivity index (χ0v) is 12.6. The molecule has 0 saturated carbocycles. The molecule has 0 bridgehead atoms. The number of hydrogen-bond donors (Lipinski definition) is 1. The van der Waals surface area contributed by atoms with E-state index in [2.05, 4.69) is 0 Å². The highest BCUT2D eigenvalue weighted by Crippen LogP contribution is 2.26. The summed E-state index contributed by atoms with van der Waals surface area (Å²) in [7, 11) is 1.45. The molecule has 0 aromatic heterocycles. The number of ether oxygens (including phenoxy) is 1. The molecule has 1 amide bonds. The van der Waals surface area contributed by atoms with Crippen LogP contribution in [0, 0.1) is 5.82 Å². The second-order valence-electron chi connectivity index (χ2n) is 5.42. The summed E-state index contributed by atoms with van der Waals surface area (Å²) in [5.74, 6) is -0.610. The van der Waals surface area contributed by atoms with Gasteiger partial charge in [0.25, 0.3) is 0 Å². The highest BCUT2D eigenvalue weighted by molar-refractivity contribution is 5.82. The molecule has 1 heterocycles. The van der Waals surface area contributed by atoms with Crippen LogP contribution in [0.5, 0.6) is 5.75 Å². The molecule has 1 atom stereocenters. The maximum Gasteiger partial charge on any atom is 0.405 e. The van der Waals surface area contributed by atoms with E-state index in [1.165, 1.54) is 25.3 Å². The van der Waals surface area contributed by atoms with E-state index >= 15 is 0 Å². The van der Waals surface area contributed by atoms with Crippen LogP contribution in [-0.2, 0) is 11.3 Å². The monoisotopic (exact) mass is 334 g/mol. The maximum atomic E-state index is 13.4. The number of nitrogens with zero attached hydrogens (tertiary/aromatic N) is 1. The molecule has 23 heavy (non-hydrogen) atoms. The number of nitrogens with one attached hydrogen (secondary N) is 1. The third-order valence-corrected chi connectivity index (χ3v) is 3.75. The van der Waals surface area contributed by atoms with Crippen molar-refractivity contribution in [2.24, 2.45) is 0 Å². The number of carbonyl (C=O) groups is 1. The second kappa shape index (κ2) is 7.16. The van der Waals surface area contributed by atoms with Gasteiger partial charge in [-0.25, -0.2) is 4.39 Å². The lowest BCUT2D eigenvalue weighted by atomic mass is 10.1. The SMILES string of the molecule is COc1ccc(F)cc1CN1CCC[C@H]1C(=O)NCC(F)(F)F. The lowest BCUT2D eigenvalue weighted by molar-refractivity contribution is -0.141. The first-order valence-electron chi connectivity index (χ1n) is 7.21. The topological polar surface area (TPSA) is 41.6 Å². The van der Waals surface area contributed by atoms with Gasteiger partial charge in [0, 0.05) is 12.1 Å². The second-order valence-corrected chi connectivity index (χ2v) is 5.42. The summed E-state index contributed by atoms with van der Waals surface area (Å²) in [6.45, 7) is -0.547. The van der Waals surface area contributed by atoms with Gasteiger partial charge in [-0.05, 0) is 37.6 Å². The van der Waals surface area contributed by atoms with Crippen molar-refractivity contribution < 1.29 is 27.1 Å². The lowest BCUT2D eigenvalue weighted by Gasteiger charge is -2.24. The number of benzene rings is 1. The van der Waals surface area contributed by atoms with Crippen LogP contribution >= 0.6 is 0 Å². The van der Waals surface area contributed by atoms with Crippen molar-refractivity contribution in [2.45, 2.75) is 31.6 Å². The van der Waals surface area contributed by atoms with Gasteiger partial charge in [-0.15, -0.1) is 0 Å². The van der Waals surface area contributed by atoms with E-state index in [-0.39, 0.29) is 6.54 Å². The summed E-state index contributed by atoms with van der Waals surface area (Å²) in [4.78, 5) is 13.7. The van der Waals surface area contributed by atoms with Gasteiger partial charge in [0.15, 0.2) is 0 Å². The van der Waals surface area contributed by atoms with Crippen LogP contribution in [-0.4, -0.2) is 43.2 Å². The Hall–Kier alpha value is -1.83. The van der Waals surface area contributed by atoms with E-state index in [0.29, 0.717) is 30.7 Å². The zero-order valence-electron chi connectivity index (χ0n) is 12.6. The van der Waals surface area contributed by atoms with Gasteiger partial charge in [-0.2, -0.15) is 13.2 Å². The normalized spacial score (nSPS) is 18.9. The van der Waals surface area contributed by atoms with E-state index in [9.17, 15) is 22.4 Å². The summed E-state index contributed by atoms with van der Waals surface area (Å²) in [5.41, 5.74) is 0.558. The number of hydrogen-bond acceptors (Lipinski definition) is 3. The molecule has 2 rings (SSSR count). The Morgan fingerprint density at radius 1 is 1.43 bits per heavy atom. The molecule has 0 unspecified atom stereocenters. The summed E-state index contributed by atoms with van der Waals surface area (Å²) in [6, 6.07) is 3.41. The Morgan fingerprint density at radius 2 is 2.17 bits per heavy atom. The van der Waals surface area contributed by atoms with Gasteiger partial charge in [0.2, 0.25) is 5.91 Å². The first kappa shape index (κ1) is 17.5. The van der Waals surface area contributed by atoms with Crippen LogP contribution in [0.1, 0.15) is 18.4 Å². The zero-order chi connectivity index (χ0) is 17.0. The van der Waals surface area contributed by atoms with E-state index in [1.807, 2.05) is 5.32 Å². The highest BCUT2D eigenvalue weighted by Gasteiger charge is 2.34. The molecule has 1 aromatic rings. The number of halogens is 4. The molecule has 1 saturated heterocycles. The van der Waals surface area contributed by atoms with E-state index in [0.717, 1.165) is 0 Å². The van der Waals surface area contributed by atoms with Crippen LogP contribution in [0.15, 0.2) is 18.2 Å². The summed E-state index contributed by atoms with van der Waals surface area (Å²) < 4.78 is 55.2. The van der Waals surface area contributed by atoms with E-state index in [4.69, 9.17) is 4.74 Å². The maximum absolute atomic E-state index is 13.4. The van der Waals surface area contributed by atoms with Crippen LogP contribution in [0.2, 0.25) is 0 Å². The highest BCUT2D eigenvalue weighted by atomic mass is 19.4. The fourth-order valence-corrected chi connectivity index (χ4v) is 2.71. The molecule has 1 aliphatic heterocycles. The Kier molecular flexibility index (Phi) is 5.46. The van der Waals surface area contributed by atoms with Crippen LogP contribution in [0.3, 0.4) is 0 Å².